The third-order valence-electron chi connectivity index (χ3n) is 5.17. The Bertz CT molecular complexity index is 1150. The van der Waals surface area contributed by atoms with Crippen molar-refractivity contribution in [2.75, 3.05) is 0 Å². The summed E-state index contributed by atoms with van der Waals surface area (Å²) < 4.78 is 8.00. The predicted octanol–water partition coefficient (Wildman–Crippen LogP) is 4.81. The average Bonchev–Trinajstić information content (AvgIpc) is 3.22. The first-order chi connectivity index (χ1) is 14.6. The lowest BCUT2D eigenvalue weighted by molar-refractivity contribution is -0.128. The summed E-state index contributed by atoms with van der Waals surface area (Å²) in [6.45, 7) is 4.38. The van der Waals surface area contributed by atoms with E-state index in [1.807, 2.05) is 85.3 Å². The molecule has 1 atom stereocenters. The van der Waals surface area contributed by atoms with Crippen molar-refractivity contribution in [1.29, 1.82) is 0 Å². The number of amides is 1. The number of fused-ring (bicyclic) bond motifs is 1. The molecule has 1 aromatic heterocycles. The maximum Gasteiger partial charge on any atom is 0.261 e. The molecule has 0 aliphatic rings. The largest absolute Gasteiger partial charge is 0.481 e. The van der Waals surface area contributed by atoms with Crippen molar-refractivity contribution in [2.45, 2.75) is 32.9 Å². The molecule has 4 aromatic rings. The molecule has 1 unspecified atom stereocenters. The number of benzene rings is 3. The Labute approximate surface area is 176 Å². The van der Waals surface area contributed by atoms with Crippen molar-refractivity contribution in [2.24, 2.45) is 0 Å². The van der Waals surface area contributed by atoms with Crippen LogP contribution in [0.15, 0.2) is 79.1 Å². The lowest BCUT2D eigenvalue weighted by atomic mass is 10.1. The number of carbonyl (C=O) groups excluding carboxylic acids is 1. The number of imidazole rings is 1. The fraction of sp³-hybridized carbons (Fsp3) is 0.200. The zero-order valence-corrected chi connectivity index (χ0v) is 17.2. The standard InChI is InChI=1S/C25H25N3O2/c1-3-24(30-23-13-10-20-6-4-5-7-21(20)16-23)25(29)27-17-19-8-11-22(12-9-19)28-15-14-26-18(28)2/h4-16,24H,3,17H2,1-2H3,(H,27,29). The molecular weight excluding hydrogens is 374 g/mol. The van der Waals surface area contributed by atoms with E-state index < -0.39 is 6.10 Å². The second-order valence-corrected chi connectivity index (χ2v) is 7.25. The number of carbonyl (C=O) groups is 1. The van der Waals surface area contributed by atoms with Crippen molar-refractivity contribution in [3.05, 3.63) is 90.5 Å². The molecule has 0 bridgehead atoms. The number of nitrogens with zero attached hydrogens (tertiary/aromatic N) is 2. The zero-order chi connectivity index (χ0) is 20.9. The van der Waals surface area contributed by atoms with Gasteiger partial charge in [0.15, 0.2) is 6.10 Å². The van der Waals surface area contributed by atoms with Gasteiger partial charge in [0, 0.05) is 24.6 Å². The molecule has 4 rings (SSSR count). The van der Waals surface area contributed by atoms with Gasteiger partial charge in [-0.3, -0.25) is 4.79 Å². The Kier molecular flexibility index (Phi) is 5.80. The van der Waals surface area contributed by atoms with Crippen LogP contribution in [0.3, 0.4) is 0 Å². The van der Waals surface area contributed by atoms with Crippen LogP contribution in [-0.4, -0.2) is 21.6 Å². The lowest BCUT2D eigenvalue weighted by Gasteiger charge is -2.18. The lowest BCUT2D eigenvalue weighted by Crippen LogP contribution is -2.37. The van der Waals surface area contributed by atoms with E-state index in [1.165, 1.54) is 0 Å². The van der Waals surface area contributed by atoms with Crippen LogP contribution in [0.4, 0.5) is 0 Å². The molecule has 0 spiro atoms. The molecule has 0 saturated carbocycles. The highest BCUT2D eigenvalue weighted by Crippen LogP contribution is 2.22. The monoisotopic (exact) mass is 399 g/mol. The molecule has 30 heavy (non-hydrogen) atoms. The minimum absolute atomic E-state index is 0.111. The maximum atomic E-state index is 12.7. The van der Waals surface area contributed by atoms with Gasteiger partial charge in [0.05, 0.1) is 0 Å². The summed E-state index contributed by atoms with van der Waals surface area (Å²) in [6.07, 6.45) is 3.78. The van der Waals surface area contributed by atoms with Gasteiger partial charge in [-0.05, 0) is 53.9 Å². The summed E-state index contributed by atoms with van der Waals surface area (Å²) in [7, 11) is 0. The van der Waals surface area contributed by atoms with E-state index in [0.717, 1.165) is 27.8 Å². The number of ether oxygens (including phenoxy) is 1. The Balaban J connectivity index is 1.37. The third kappa shape index (κ3) is 4.35. The molecule has 0 saturated heterocycles. The van der Waals surface area contributed by atoms with Crippen LogP contribution < -0.4 is 10.1 Å². The van der Waals surface area contributed by atoms with E-state index in [1.54, 1.807) is 6.20 Å². The van der Waals surface area contributed by atoms with Gasteiger partial charge in [-0.25, -0.2) is 4.98 Å². The zero-order valence-electron chi connectivity index (χ0n) is 17.2. The SMILES string of the molecule is CCC(Oc1ccc2ccccc2c1)C(=O)NCc1ccc(-n2ccnc2C)cc1. The Morgan fingerprint density at radius 1 is 1.07 bits per heavy atom. The highest BCUT2D eigenvalue weighted by molar-refractivity contribution is 5.84. The second kappa shape index (κ2) is 8.82. The highest BCUT2D eigenvalue weighted by Gasteiger charge is 2.18. The van der Waals surface area contributed by atoms with Gasteiger partial charge in [0.2, 0.25) is 0 Å². The van der Waals surface area contributed by atoms with E-state index in [-0.39, 0.29) is 5.91 Å². The smallest absolute Gasteiger partial charge is 0.261 e. The molecule has 3 aromatic carbocycles. The number of aromatic nitrogens is 2. The van der Waals surface area contributed by atoms with E-state index in [4.69, 9.17) is 4.74 Å². The van der Waals surface area contributed by atoms with Gasteiger partial charge < -0.3 is 14.6 Å². The molecule has 0 radical (unpaired) electrons. The molecule has 5 nitrogen and oxygen atoms in total. The topological polar surface area (TPSA) is 56.1 Å². The van der Waals surface area contributed by atoms with Gasteiger partial charge >= 0.3 is 0 Å². The predicted molar refractivity (Wildman–Crippen MR) is 119 cm³/mol. The quantitative estimate of drug-likeness (QED) is 0.485. The van der Waals surface area contributed by atoms with Crippen LogP contribution in [-0.2, 0) is 11.3 Å². The molecule has 1 amide bonds. The Morgan fingerprint density at radius 3 is 2.53 bits per heavy atom. The van der Waals surface area contributed by atoms with Gasteiger partial charge in [0.25, 0.3) is 5.91 Å². The van der Waals surface area contributed by atoms with Gasteiger partial charge in [-0.15, -0.1) is 0 Å². The van der Waals surface area contributed by atoms with E-state index in [9.17, 15) is 4.79 Å². The van der Waals surface area contributed by atoms with E-state index in [0.29, 0.717) is 18.7 Å². The summed E-state index contributed by atoms with van der Waals surface area (Å²) in [5.74, 6) is 1.53. The molecule has 152 valence electrons. The number of rotatable bonds is 7. The number of hydrogen-bond donors (Lipinski definition) is 1. The van der Waals surface area contributed by atoms with E-state index in [2.05, 4.69) is 16.4 Å². The maximum absolute atomic E-state index is 12.7. The van der Waals surface area contributed by atoms with Crippen LogP contribution in [0.2, 0.25) is 0 Å². The van der Waals surface area contributed by atoms with Crippen LogP contribution >= 0.6 is 0 Å². The fourth-order valence-electron chi connectivity index (χ4n) is 3.46. The van der Waals surface area contributed by atoms with Crippen molar-refractivity contribution in [3.63, 3.8) is 0 Å². The van der Waals surface area contributed by atoms with Crippen molar-refractivity contribution in [3.8, 4) is 11.4 Å². The Morgan fingerprint density at radius 2 is 1.83 bits per heavy atom. The normalized spacial score (nSPS) is 11.9. The van der Waals surface area contributed by atoms with Crippen LogP contribution in [0.1, 0.15) is 24.7 Å². The van der Waals surface area contributed by atoms with Gasteiger partial charge in [0.1, 0.15) is 11.6 Å². The average molecular weight is 399 g/mol. The molecule has 5 heteroatoms. The highest BCUT2D eigenvalue weighted by atomic mass is 16.5. The molecule has 0 aliphatic heterocycles. The summed E-state index contributed by atoms with van der Waals surface area (Å²) in [4.78, 5) is 16.9. The summed E-state index contributed by atoms with van der Waals surface area (Å²) >= 11 is 0. The van der Waals surface area contributed by atoms with Gasteiger partial charge in [-0.2, -0.15) is 0 Å². The number of nitrogens with one attached hydrogen (secondary N) is 1. The van der Waals surface area contributed by atoms with Gasteiger partial charge in [-0.1, -0.05) is 49.4 Å². The van der Waals surface area contributed by atoms with E-state index >= 15 is 0 Å². The summed E-state index contributed by atoms with van der Waals surface area (Å²) in [6, 6.07) is 22.1. The summed E-state index contributed by atoms with van der Waals surface area (Å²) in [5.41, 5.74) is 2.08. The van der Waals surface area contributed by atoms with Crippen molar-refractivity contribution < 1.29 is 9.53 Å². The molecular formula is C25H25N3O2. The minimum Gasteiger partial charge on any atom is -0.481 e. The second-order valence-electron chi connectivity index (χ2n) is 7.25. The molecule has 1 heterocycles. The molecule has 0 aliphatic carbocycles. The number of hydrogen-bond acceptors (Lipinski definition) is 3. The minimum atomic E-state index is -0.529. The van der Waals surface area contributed by atoms with Crippen molar-refractivity contribution in [1.82, 2.24) is 14.9 Å². The molecule has 1 N–H and O–H groups in total. The molecule has 0 fully saturated rings. The summed E-state index contributed by atoms with van der Waals surface area (Å²) in [5, 5.41) is 5.24. The van der Waals surface area contributed by atoms with Crippen LogP contribution in [0, 0.1) is 6.92 Å². The van der Waals surface area contributed by atoms with Crippen molar-refractivity contribution >= 4 is 16.7 Å². The number of aryl methyl sites for hydroxylation is 1. The first-order valence-electron chi connectivity index (χ1n) is 10.2. The fourth-order valence-corrected chi connectivity index (χ4v) is 3.46. The van der Waals surface area contributed by atoms with Crippen LogP contribution in [0.25, 0.3) is 16.5 Å². The first-order valence-corrected chi connectivity index (χ1v) is 10.2. The Hall–Kier alpha value is -3.60. The van der Waals surface area contributed by atoms with Crippen LogP contribution in [0.5, 0.6) is 5.75 Å². The third-order valence-corrected chi connectivity index (χ3v) is 5.17. The first kappa shape index (κ1) is 19.7.